The van der Waals surface area contributed by atoms with Gasteiger partial charge in [0.25, 0.3) is 0 Å². The smallest absolute Gasteiger partial charge is 0.364 e. The lowest BCUT2D eigenvalue weighted by atomic mass is 10.3. The molecule has 11 heteroatoms. The van der Waals surface area contributed by atoms with Gasteiger partial charge in [-0.25, -0.2) is 13.1 Å². The zero-order valence-electron chi connectivity index (χ0n) is 11.0. The lowest BCUT2D eigenvalue weighted by Gasteiger charge is -2.08. The Bertz CT molecular complexity index is 748. The van der Waals surface area contributed by atoms with Crippen molar-refractivity contribution in [2.75, 3.05) is 0 Å². The Morgan fingerprint density at radius 1 is 1.33 bits per heavy atom. The van der Waals surface area contributed by atoms with Crippen LogP contribution in [0.15, 0.2) is 10.8 Å². The molecule has 2 rings (SSSR count). The van der Waals surface area contributed by atoms with Gasteiger partial charge >= 0.3 is 6.18 Å². The van der Waals surface area contributed by atoms with Gasteiger partial charge in [-0.1, -0.05) is 10.4 Å². The Balaban J connectivity index is 2.28. The van der Waals surface area contributed by atoms with Crippen molar-refractivity contribution in [3.8, 4) is 0 Å². The van der Waals surface area contributed by atoms with Gasteiger partial charge in [0.05, 0.1) is 17.2 Å². The molecule has 2 heterocycles. The lowest BCUT2D eigenvalue weighted by molar-refractivity contribution is -0.144. The number of nitrogens with zero attached hydrogens (tertiary/aromatic N) is 4. The molecule has 0 aromatic carbocycles. The number of hydrogen-bond acceptors (Lipinski definition) is 6. The Labute approximate surface area is 117 Å². The molecule has 0 atom stereocenters. The fourth-order valence-electron chi connectivity index (χ4n) is 1.79. The highest BCUT2D eigenvalue weighted by atomic mass is 32.2. The summed E-state index contributed by atoms with van der Waals surface area (Å²) in [5.41, 5.74) is -1.13. The molecule has 0 bridgehead atoms. The zero-order chi connectivity index (χ0) is 15.8. The van der Waals surface area contributed by atoms with Gasteiger partial charge in [-0.3, -0.25) is 0 Å². The highest BCUT2D eigenvalue weighted by Gasteiger charge is 2.39. The van der Waals surface area contributed by atoms with E-state index < -0.39 is 38.9 Å². The average Bonchev–Trinajstić information content (AvgIpc) is 2.84. The maximum absolute atomic E-state index is 12.8. The van der Waals surface area contributed by atoms with Crippen LogP contribution in [0.3, 0.4) is 0 Å². The molecular formula is C10H11F3N4O3S. The molecule has 116 valence electrons. The van der Waals surface area contributed by atoms with Crippen LogP contribution < -0.4 is 0 Å². The Morgan fingerprint density at radius 3 is 2.52 bits per heavy atom. The summed E-state index contributed by atoms with van der Waals surface area (Å²) in [5, 5.41) is 10.0. The standard InChI is InChI=1S/C10H11F3N4O3S/c1-6-7(3-20-15-6)4-21(18,19)5-8-9(10(11,12)13)17(2)16-14-8/h3H,4-5H2,1-2H3. The van der Waals surface area contributed by atoms with E-state index in [-0.39, 0.29) is 0 Å². The van der Waals surface area contributed by atoms with E-state index in [1.807, 2.05) is 0 Å². The molecule has 0 fully saturated rings. The van der Waals surface area contributed by atoms with Gasteiger partial charge in [-0.15, -0.1) is 5.10 Å². The van der Waals surface area contributed by atoms with Gasteiger partial charge in [-0.05, 0) is 6.92 Å². The molecule has 2 aromatic rings. The largest absolute Gasteiger partial charge is 0.434 e. The zero-order valence-corrected chi connectivity index (χ0v) is 11.9. The summed E-state index contributed by atoms with van der Waals surface area (Å²) in [6.07, 6.45) is -3.58. The molecule has 2 aromatic heterocycles. The quantitative estimate of drug-likeness (QED) is 0.840. The van der Waals surface area contributed by atoms with Gasteiger partial charge in [0, 0.05) is 12.6 Å². The number of alkyl halides is 3. The number of aryl methyl sites for hydroxylation is 2. The van der Waals surface area contributed by atoms with Crippen LogP contribution in [0.2, 0.25) is 0 Å². The lowest BCUT2D eigenvalue weighted by Crippen LogP contribution is -2.17. The van der Waals surface area contributed by atoms with E-state index in [1.54, 1.807) is 0 Å². The third-order valence-corrected chi connectivity index (χ3v) is 4.21. The van der Waals surface area contributed by atoms with Crippen molar-refractivity contribution < 1.29 is 26.1 Å². The van der Waals surface area contributed by atoms with E-state index in [2.05, 4.69) is 20.0 Å². The van der Waals surface area contributed by atoms with Crippen molar-refractivity contribution in [3.63, 3.8) is 0 Å². The van der Waals surface area contributed by atoms with Crippen molar-refractivity contribution in [2.24, 2.45) is 7.05 Å². The molecule has 7 nitrogen and oxygen atoms in total. The SMILES string of the molecule is Cc1nocc1CS(=O)(=O)Cc1nnn(C)c1C(F)(F)F. The van der Waals surface area contributed by atoms with Crippen molar-refractivity contribution in [1.29, 1.82) is 0 Å². The monoisotopic (exact) mass is 324 g/mol. The van der Waals surface area contributed by atoms with E-state index in [9.17, 15) is 21.6 Å². The summed E-state index contributed by atoms with van der Waals surface area (Å²) in [4.78, 5) is 0. The summed E-state index contributed by atoms with van der Waals surface area (Å²) in [6.45, 7) is 1.54. The van der Waals surface area contributed by atoms with Crippen LogP contribution in [0.4, 0.5) is 13.2 Å². The topological polar surface area (TPSA) is 90.9 Å². The Morgan fingerprint density at radius 2 is 2.00 bits per heavy atom. The summed E-state index contributed by atoms with van der Waals surface area (Å²) in [5.74, 6) is -1.34. The third-order valence-electron chi connectivity index (χ3n) is 2.75. The molecule has 0 spiro atoms. The van der Waals surface area contributed by atoms with E-state index in [0.717, 1.165) is 13.3 Å². The highest BCUT2D eigenvalue weighted by molar-refractivity contribution is 7.89. The van der Waals surface area contributed by atoms with Crippen molar-refractivity contribution in [1.82, 2.24) is 20.2 Å². The summed E-state index contributed by atoms with van der Waals surface area (Å²) in [7, 11) is -2.81. The summed E-state index contributed by atoms with van der Waals surface area (Å²) in [6, 6.07) is 0. The van der Waals surface area contributed by atoms with E-state index in [0.29, 0.717) is 15.9 Å². The van der Waals surface area contributed by atoms with Crippen LogP contribution in [-0.4, -0.2) is 28.6 Å². The number of hydrogen-bond donors (Lipinski definition) is 0. The molecule has 0 N–H and O–H groups in total. The van der Waals surface area contributed by atoms with Gasteiger partial charge in [0.1, 0.15) is 12.0 Å². The highest BCUT2D eigenvalue weighted by Crippen LogP contribution is 2.31. The first-order valence-electron chi connectivity index (χ1n) is 5.66. The molecule has 0 radical (unpaired) electrons. The van der Waals surface area contributed by atoms with Crippen LogP contribution in [0.25, 0.3) is 0 Å². The predicted octanol–water partition coefficient (Wildman–Crippen LogP) is 1.25. The number of rotatable bonds is 4. The van der Waals surface area contributed by atoms with Gasteiger partial charge < -0.3 is 4.52 Å². The fraction of sp³-hybridized carbons (Fsp3) is 0.500. The first-order valence-corrected chi connectivity index (χ1v) is 7.48. The maximum Gasteiger partial charge on any atom is 0.434 e. The van der Waals surface area contributed by atoms with Crippen molar-refractivity contribution in [3.05, 3.63) is 28.9 Å². The molecule has 0 unspecified atom stereocenters. The minimum Gasteiger partial charge on any atom is -0.364 e. The number of sulfone groups is 1. The molecule has 0 aliphatic heterocycles. The molecule has 21 heavy (non-hydrogen) atoms. The summed E-state index contributed by atoms with van der Waals surface area (Å²) < 4.78 is 67.6. The third kappa shape index (κ3) is 3.40. The average molecular weight is 324 g/mol. The normalized spacial score (nSPS) is 12.8. The molecule has 0 amide bonds. The van der Waals surface area contributed by atoms with Gasteiger partial charge in [-0.2, -0.15) is 13.2 Å². The van der Waals surface area contributed by atoms with E-state index >= 15 is 0 Å². The minimum absolute atomic E-state index is 0.299. The van der Waals surface area contributed by atoms with Crippen LogP contribution >= 0.6 is 0 Å². The number of aromatic nitrogens is 4. The molecule has 0 aliphatic carbocycles. The second kappa shape index (κ2) is 5.13. The van der Waals surface area contributed by atoms with Crippen LogP contribution in [-0.2, 0) is 34.6 Å². The van der Waals surface area contributed by atoms with Crippen molar-refractivity contribution in [2.45, 2.75) is 24.6 Å². The summed E-state index contributed by atoms with van der Waals surface area (Å²) >= 11 is 0. The first-order chi connectivity index (χ1) is 9.60. The predicted molar refractivity (Wildman–Crippen MR) is 63.6 cm³/mol. The molecule has 0 aliphatic rings. The number of halogens is 3. The maximum atomic E-state index is 12.8. The minimum atomic E-state index is -4.73. The Hall–Kier alpha value is -1.91. The van der Waals surface area contributed by atoms with Crippen LogP contribution in [0.5, 0.6) is 0 Å². The molecule has 0 saturated carbocycles. The fourth-order valence-corrected chi connectivity index (χ4v) is 3.26. The van der Waals surface area contributed by atoms with Gasteiger partial charge in [0.15, 0.2) is 15.5 Å². The molecular weight excluding hydrogens is 313 g/mol. The van der Waals surface area contributed by atoms with Crippen LogP contribution in [0.1, 0.15) is 22.6 Å². The molecule has 0 saturated heterocycles. The van der Waals surface area contributed by atoms with Crippen LogP contribution in [0, 0.1) is 6.92 Å². The first kappa shape index (κ1) is 15.5. The Kier molecular flexibility index (Phi) is 3.78. The van der Waals surface area contributed by atoms with E-state index in [1.165, 1.54) is 6.92 Å². The van der Waals surface area contributed by atoms with Gasteiger partial charge in [0.2, 0.25) is 0 Å². The second-order valence-corrected chi connectivity index (χ2v) is 6.53. The van der Waals surface area contributed by atoms with Crippen molar-refractivity contribution >= 4 is 9.84 Å². The van der Waals surface area contributed by atoms with E-state index in [4.69, 9.17) is 0 Å². The second-order valence-electron chi connectivity index (χ2n) is 4.46.